The second-order valence-electron chi connectivity index (χ2n) is 8.64. The lowest BCUT2D eigenvalue weighted by molar-refractivity contribution is -0.0595. The minimum atomic E-state index is -0.00843. The van der Waals surface area contributed by atoms with Gasteiger partial charge in [-0.3, -0.25) is 4.90 Å². The van der Waals surface area contributed by atoms with E-state index in [1.165, 1.54) is 6.33 Å². The van der Waals surface area contributed by atoms with Crippen LogP contribution in [0.15, 0.2) is 59.5 Å². The minimum Gasteiger partial charge on any atom is -0.394 e. The zero-order valence-corrected chi connectivity index (χ0v) is 21.6. The van der Waals surface area contributed by atoms with Crippen LogP contribution >= 0.6 is 15.9 Å². The van der Waals surface area contributed by atoms with Crippen LogP contribution in [-0.2, 0) is 4.74 Å². The standard InChI is InChI=1S/C26H28BrN7O2/c1-17(36-12-11-35)33-7-9-34(10-8-33)23-6-5-19(15-29-23)22-14-21(18-3-2-4-20(27)13-18)24-25(28)30-16-31-26(24)32-22/h2-6,13-17,35H,7-12H2,1H3,(H2,28,30,31,32). The molecule has 0 amide bonds. The summed E-state index contributed by atoms with van der Waals surface area (Å²) >= 11 is 3.56. The second kappa shape index (κ2) is 10.8. The number of halogens is 1. The summed E-state index contributed by atoms with van der Waals surface area (Å²) in [4.78, 5) is 22.7. The summed E-state index contributed by atoms with van der Waals surface area (Å²) in [5.74, 6) is 1.33. The van der Waals surface area contributed by atoms with Crippen molar-refractivity contribution in [1.82, 2.24) is 24.8 Å². The zero-order chi connectivity index (χ0) is 25.1. The number of nitrogens with zero attached hydrogens (tertiary/aromatic N) is 6. The summed E-state index contributed by atoms with van der Waals surface area (Å²) in [7, 11) is 0. The Hall–Kier alpha value is -3.18. The van der Waals surface area contributed by atoms with Crippen LogP contribution in [0.4, 0.5) is 11.6 Å². The fourth-order valence-corrected chi connectivity index (χ4v) is 4.89. The number of pyridine rings is 2. The summed E-state index contributed by atoms with van der Waals surface area (Å²) in [5, 5.41) is 9.71. The van der Waals surface area contributed by atoms with Crippen LogP contribution in [0.2, 0.25) is 0 Å². The van der Waals surface area contributed by atoms with E-state index in [9.17, 15) is 0 Å². The monoisotopic (exact) mass is 549 g/mol. The predicted octanol–water partition coefficient (Wildman–Crippen LogP) is 3.58. The quantitative estimate of drug-likeness (QED) is 0.357. The van der Waals surface area contributed by atoms with E-state index in [1.807, 2.05) is 55.6 Å². The van der Waals surface area contributed by atoms with Gasteiger partial charge in [0.15, 0.2) is 5.65 Å². The van der Waals surface area contributed by atoms with Crippen LogP contribution in [-0.4, -0.2) is 75.6 Å². The van der Waals surface area contributed by atoms with Gasteiger partial charge in [0.2, 0.25) is 0 Å². The fraction of sp³-hybridized carbons (Fsp3) is 0.308. The molecule has 3 aromatic heterocycles. The second-order valence-corrected chi connectivity index (χ2v) is 9.56. The number of aromatic nitrogens is 4. The van der Waals surface area contributed by atoms with Gasteiger partial charge in [0.25, 0.3) is 0 Å². The van der Waals surface area contributed by atoms with E-state index >= 15 is 0 Å². The molecule has 1 aliphatic rings. The van der Waals surface area contributed by atoms with Gasteiger partial charge < -0.3 is 20.5 Å². The Labute approximate surface area is 218 Å². The van der Waals surface area contributed by atoms with Gasteiger partial charge in [-0.05, 0) is 48.4 Å². The maximum Gasteiger partial charge on any atom is 0.165 e. The van der Waals surface area contributed by atoms with Gasteiger partial charge in [-0.1, -0.05) is 28.1 Å². The molecule has 4 heterocycles. The van der Waals surface area contributed by atoms with Crippen molar-refractivity contribution in [3.63, 3.8) is 0 Å². The first kappa shape index (κ1) is 24.5. The lowest BCUT2D eigenvalue weighted by Gasteiger charge is -2.38. The Bertz CT molecular complexity index is 1340. The van der Waals surface area contributed by atoms with Crippen LogP contribution in [0, 0.1) is 0 Å². The third kappa shape index (κ3) is 5.17. The Morgan fingerprint density at radius 3 is 2.61 bits per heavy atom. The first-order chi connectivity index (χ1) is 17.5. The number of aliphatic hydroxyl groups excluding tert-OH is 1. The van der Waals surface area contributed by atoms with Crippen LogP contribution in [0.5, 0.6) is 0 Å². The number of piperazine rings is 1. The van der Waals surface area contributed by atoms with Gasteiger partial charge in [-0.2, -0.15) is 0 Å². The molecule has 1 fully saturated rings. The highest BCUT2D eigenvalue weighted by Crippen LogP contribution is 2.34. The molecular formula is C26H28BrN7O2. The number of ether oxygens (including phenoxy) is 1. The third-order valence-electron chi connectivity index (χ3n) is 6.42. The molecule has 1 aromatic carbocycles. The van der Waals surface area contributed by atoms with Crippen LogP contribution < -0.4 is 10.6 Å². The topological polar surface area (TPSA) is 114 Å². The molecule has 1 atom stereocenters. The Morgan fingerprint density at radius 1 is 1.06 bits per heavy atom. The molecule has 9 nitrogen and oxygen atoms in total. The van der Waals surface area contributed by atoms with Crippen molar-refractivity contribution < 1.29 is 9.84 Å². The number of benzene rings is 1. The molecular weight excluding hydrogens is 522 g/mol. The van der Waals surface area contributed by atoms with E-state index in [-0.39, 0.29) is 12.8 Å². The number of rotatable bonds is 7. The fourth-order valence-electron chi connectivity index (χ4n) is 4.49. The summed E-state index contributed by atoms with van der Waals surface area (Å²) in [6.45, 7) is 5.88. The van der Waals surface area contributed by atoms with Crippen LogP contribution in [0.3, 0.4) is 0 Å². The molecule has 4 aromatic rings. The summed E-state index contributed by atoms with van der Waals surface area (Å²) in [6, 6.07) is 14.2. The first-order valence-corrected chi connectivity index (χ1v) is 12.7. The SMILES string of the molecule is CC(OCCO)N1CCN(c2ccc(-c3cc(-c4cccc(Br)c4)c4c(N)ncnc4n3)cn2)CC1. The van der Waals surface area contributed by atoms with Crippen molar-refractivity contribution in [2.75, 3.05) is 50.0 Å². The average Bonchev–Trinajstić information content (AvgIpc) is 2.91. The van der Waals surface area contributed by atoms with Crippen LogP contribution in [0.25, 0.3) is 33.4 Å². The largest absolute Gasteiger partial charge is 0.394 e. The third-order valence-corrected chi connectivity index (χ3v) is 6.91. The Morgan fingerprint density at radius 2 is 1.89 bits per heavy atom. The van der Waals surface area contributed by atoms with Crippen molar-refractivity contribution in [2.24, 2.45) is 0 Å². The molecule has 0 spiro atoms. The normalized spacial score (nSPS) is 15.4. The summed E-state index contributed by atoms with van der Waals surface area (Å²) in [5.41, 5.74) is 10.4. The van der Waals surface area contributed by atoms with E-state index in [0.717, 1.165) is 64.2 Å². The van der Waals surface area contributed by atoms with Crippen molar-refractivity contribution in [3.8, 4) is 22.4 Å². The maximum absolute atomic E-state index is 8.98. The molecule has 3 N–H and O–H groups in total. The minimum absolute atomic E-state index is 0.00843. The first-order valence-electron chi connectivity index (χ1n) is 11.9. The van der Waals surface area contributed by atoms with Crippen LogP contribution in [0.1, 0.15) is 6.92 Å². The van der Waals surface area contributed by atoms with E-state index in [2.05, 4.69) is 35.7 Å². The summed E-state index contributed by atoms with van der Waals surface area (Å²) < 4.78 is 6.61. The molecule has 1 unspecified atom stereocenters. The van der Waals surface area contributed by atoms with E-state index in [0.29, 0.717) is 18.1 Å². The smallest absolute Gasteiger partial charge is 0.165 e. The number of anilines is 2. The lowest BCUT2D eigenvalue weighted by atomic mass is 10.0. The molecule has 5 rings (SSSR count). The maximum atomic E-state index is 8.98. The molecule has 1 saturated heterocycles. The van der Waals surface area contributed by atoms with E-state index < -0.39 is 0 Å². The van der Waals surface area contributed by atoms with Gasteiger partial charge in [0.1, 0.15) is 24.2 Å². The van der Waals surface area contributed by atoms with Gasteiger partial charge in [0, 0.05) is 42.4 Å². The van der Waals surface area contributed by atoms with Gasteiger partial charge in [-0.15, -0.1) is 0 Å². The Balaban J connectivity index is 1.40. The zero-order valence-electron chi connectivity index (χ0n) is 20.0. The highest BCUT2D eigenvalue weighted by molar-refractivity contribution is 9.10. The highest BCUT2D eigenvalue weighted by atomic mass is 79.9. The van der Waals surface area contributed by atoms with Crippen molar-refractivity contribution in [3.05, 3.63) is 59.5 Å². The molecule has 0 aliphatic carbocycles. The number of hydrogen-bond acceptors (Lipinski definition) is 9. The van der Waals surface area contributed by atoms with Crippen molar-refractivity contribution in [2.45, 2.75) is 13.2 Å². The predicted molar refractivity (Wildman–Crippen MR) is 144 cm³/mol. The summed E-state index contributed by atoms with van der Waals surface area (Å²) in [6.07, 6.45) is 3.29. The van der Waals surface area contributed by atoms with Crippen molar-refractivity contribution >= 4 is 38.6 Å². The van der Waals surface area contributed by atoms with Gasteiger partial charge in [0.05, 0.1) is 24.3 Å². The Kier molecular flexibility index (Phi) is 7.38. The number of nitrogens with two attached hydrogens (primary N) is 1. The number of hydrogen-bond donors (Lipinski definition) is 2. The highest BCUT2D eigenvalue weighted by Gasteiger charge is 2.22. The van der Waals surface area contributed by atoms with E-state index in [4.69, 9.17) is 25.5 Å². The molecule has 1 aliphatic heterocycles. The molecule has 36 heavy (non-hydrogen) atoms. The van der Waals surface area contributed by atoms with Crippen molar-refractivity contribution in [1.29, 1.82) is 0 Å². The molecule has 0 bridgehead atoms. The van der Waals surface area contributed by atoms with Gasteiger partial charge >= 0.3 is 0 Å². The molecule has 186 valence electrons. The number of fused-ring (bicyclic) bond motifs is 1. The van der Waals surface area contributed by atoms with Gasteiger partial charge in [-0.25, -0.2) is 19.9 Å². The molecule has 0 radical (unpaired) electrons. The average molecular weight is 550 g/mol. The molecule has 10 heteroatoms. The lowest BCUT2D eigenvalue weighted by Crippen LogP contribution is -2.50. The molecule has 0 saturated carbocycles. The van der Waals surface area contributed by atoms with E-state index in [1.54, 1.807) is 0 Å². The number of aliphatic hydroxyl groups is 1. The number of nitrogen functional groups attached to an aromatic ring is 1.